The number of nitrogens with zero attached hydrogens (tertiary/aromatic N) is 6. The van der Waals surface area contributed by atoms with Crippen molar-refractivity contribution in [1.82, 2.24) is 29.6 Å². The van der Waals surface area contributed by atoms with E-state index < -0.39 is 0 Å². The summed E-state index contributed by atoms with van der Waals surface area (Å²) in [6.07, 6.45) is 17.4. The molecule has 2 saturated heterocycles. The topological polar surface area (TPSA) is 65.9 Å². The van der Waals surface area contributed by atoms with Gasteiger partial charge in [0, 0.05) is 78.6 Å². The SMILES string of the molecule is CCc1cc(-c2cnc3[nH]cc(-c4cnn(C5CCN(CC)CC5)c4)c3c2)cnc1N1CCCCC1. The number of likely N-dealkylation sites (tertiary alicyclic amines) is 1. The van der Waals surface area contributed by atoms with Crippen LogP contribution in [0.15, 0.2) is 43.1 Å². The Kier molecular flexibility index (Phi) is 6.48. The summed E-state index contributed by atoms with van der Waals surface area (Å²) in [5, 5.41) is 5.89. The molecule has 0 unspecified atom stereocenters. The Morgan fingerprint density at radius 2 is 1.67 bits per heavy atom. The lowest BCUT2D eigenvalue weighted by atomic mass is 10.0. The van der Waals surface area contributed by atoms with Crippen molar-refractivity contribution in [2.45, 2.75) is 58.4 Å². The van der Waals surface area contributed by atoms with Crippen LogP contribution in [0.5, 0.6) is 0 Å². The van der Waals surface area contributed by atoms with Crippen molar-refractivity contribution in [3.05, 3.63) is 48.7 Å². The Labute approximate surface area is 213 Å². The van der Waals surface area contributed by atoms with Crippen LogP contribution in [-0.4, -0.2) is 62.4 Å². The summed E-state index contributed by atoms with van der Waals surface area (Å²) in [5.41, 5.74) is 6.77. The monoisotopic (exact) mass is 483 g/mol. The number of piperidine rings is 2. The molecule has 0 amide bonds. The van der Waals surface area contributed by atoms with Gasteiger partial charge in [0.1, 0.15) is 11.5 Å². The zero-order valence-corrected chi connectivity index (χ0v) is 21.6. The average molecular weight is 484 g/mol. The van der Waals surface area contributed by atoms with Gasteiger partial charge in [0.25, 0.3) is 0 Å². The molecule has 0 radical (unpaired) electrons. The van der Waals surface area contributed by atoms with Gasteiger partial charge < -0.3 is 14.8 Å². The zero-order valence-electron chi connectivity index (χ0n) is 21.6. The number of hydrogen-bond donors (Lipinski definition) is 1. The number of aryl methyl sites for hydroxylation is 1. The number of anilines is 1. The molecule has 0 aromatic carbocycles. The first-order valence-corrected chi connectivity index (χ1v) is 13.7. The minimum absolute atomic E-state index is 0.484. The highest BCUT2D eigenvalue weighted by Crippen LogP contribution is 2.33. The van der Waals surface area contributed by atoms with Crippen LogP contribution in [-0.2, 0) is 6.42 Å². The van der Waals surface area contributed by atoms with E-state index in [1.54, 1.807) is 0 Å². The van der Waals surface area contributed by atoms with Crippen LogP contribution in [0.3, 0.4) is 0 Å². The second kappa shape index (κ2) is 10.1. The minimum atomic E-state index is 0.484. The molecule has 6 heterocycles. The maximum atomic E-state index is 4.94. The molecular weight excluding hydrogens is 446 g/mol. The van der Waals surface area contributed by atoms with Crippen molar-refractivity contribution in [2.75, 3.05) is 37.6 Å². The first-order chi connectivity index (χ1) is 17.7. The van der Waals surface area contributed by atoms with Crippen molar-refractivity contribution in [3.8, 4) is 22.3 Å². The fourth-order valence-electron chi connectivity index (χ4n) is 5.89. The Hall–Kier alpha value is -3.19. The van der Waals surface area contributed by atoms with Crippen LogP contribution >= 0.6 is 0 Å². The summed E-state index contributed by atoms with van der Waals surface area (Å²) in [5.74, 6) is 1.16. The third-order valence-corrected chi connectivity index (χ3v) is 8.13. The normalized spacial score (nSPS) is 17.8. The van der Waals surface area contributed by atoms with Crippen LogP contribution in [0.25, 0.3) is 33.3 Å². The Balaban J connectivity index is 1.28. The molecule has 1 N–H and O–H groups in total. The van der Waals surface area contributed by atoms with E-state index in [1.165, 1.54) is 24.8 Å². The first kappa shape index (κ1) is 23.2. The molecular formula is C29H37N7. The lowest BCUT2D eigenvalue weighted by Crippen LogP contribution is -2.34. The minimum Gasteiger partial charge on any atom is -0.356 e. The van der Waals surface area contributed by atoms with Crippen molar-refractivity contribution < 1.29 is 0 Å². The third-order valence-electron chi connectivity index (χ3n) is 8.13. The Morgan fingerprint density at radius 1 is 0.889 bits per heavy atom. The maximum Gasteiger partial charge on any atom is 0.137 e. The van der Waals surface area contributed by atoms with E-state index in [9.17, 15) is 0 Å². The largest absolute Gasteiger partial charge is 0.356 e. The van der Waals surface area contributed by atoms with Gasteiger partial charge in [-0.1, -0.05) is 13.8 Å². The lowest BCUT2D eigenvalue weighted by Gasteiger charge is -2.31. The summed E-state index contributed by atoms with van der Waals surface area (Å²) >= 11 is 0. The lowest BCUT2D eigenvalue weighted by molar-refractivity contribution is 0.187. The molecule has 2 aliphatic heterocycles. The van der Waals surface area contributed by atoms with Crippen LogP contribution < -0.4 is 4.90 Å². The van der Waals surface area contributed by atoms with Crippen molar-refractivity contribution in [2.24, 2.45) is 0 Å². The molecule has 0 atom stereocenters. The van der Waals surface area contributed by atoms with Crippen LogP contribution in [0.2, 0.25) is 0 Å². The van der Waals surface area contributed by atoms with Gasteiger partial charge in [-0.3, -0.25) is 4.68 Å². The molecule has 188 valence electrons. The molecule has 0 aliphatic carbocycles. The second-order valence-electron chi connectivity index (χ2n) is 10.3. The third kappa shape index (κ3) is 4.41. The van der Waals surface area contributed by atoms with E-state index in [2.05, 4.69) is 57.8 Å². The van der Waals surface area contributed by atoms with Gasteiger partial charge in [0.2, 0.25) is 0 Å². The fourth-order valence-corrected chi connectivity index (χ4v) is 5.89. The van der Waals surface area contributed by atoms with Crippen molar-refractivity contribution in [3.63, 3.8) is 0 Å². The highest BCUT2D eigenvalue weighted by atomic mass is 15.3. The number of H-pyrrole nitrogens is 1. The quantitative estimate of drug-likeness (QED) is 0.381. The standard InChI is InChI=1S/C29H37N7/c1-3-21-14-22(17-32-29(21)35-10-6-5-7-11-35)23-15-26-27(19-31-28(26)30-16-23)24-18-33-36(20-24)25-8-12-34(4-2)13-9-25/h14-20,25H,3-13H2,1-2H3,(H,30,31). The summed E-state index contributed by atoms with van der Waals surface area (Å²) in [4.78, 5) is 18.0. The molecule has 4 aromatic rings. The zero-order chi connectivity index (χ0) is 24.5. The van der Waals surface area contributed by atoms with Crippen LogP contribution in [0.1, 0.15) is 57.6 Å². The smallest absolute Gasteiger partial charge is 0.137 e. The van der Waals surface area contributed by atoms with E-state index >= 15 is 0 Å². The molecule has 0 bridgehead atoms. The molecule has 2 aliphatic rings. The molecule has 0 saturated carbocycles. The van der Waals surface area contributed by atoms with Gasteiger partial charge >= 0.3 is 0 Å². The fraction of sp³-hybridized carbons (Fsp3) is 0.483. The van der Waals surface area contributed by atoms with Gasteiger partial charge in [-0.25, -0.2) is 9.97 Å². The Bertz CT molecular complexity index is 1320. The number of aromatic nitrogens is 5. The second-order valence-corrected chi connectivity index (χ2v) is 10.3. The summed E-state index contributed by atoms with van der Waals surface area (Å²) in [6.45, 7) is 10.1. The van der Waals surface area contributed by atoms with Gasteiger partial charge in [-0.15, -0.1) is 0 Å². The average Bonchev–Trinajstić information content (AvgIpc) is 3.60. The summed E-state index contributed by atoms with van der Waals surface area (Å²) in [7, 11) is 0. The van der Waals surface area contributed by atoms with Crippen molar-refractivity contribution >= 4 is 16.9 Å². The van der Waals surface area contributed by atoms with E-state index in [-0.39, 0.29) is 0 Å². The van der Waals surface area contributed by atoms with Gasteiger partial charge in [0.15, 0.2) is 0 Å². The predicted octanol–water partition coefficient (Wildman–Crippen LogP) is 5.70. The number of hydrogen-bond acceptors (Lipinski definition) is 5. The molecule has 36 heavy (non-hydrogen) atoms. The molecule has 7 heteroatoms. The highest BCUT2D eigenvalue weighted by molar-refractivity contribution is 5.95. The molecule has 0 spiro atoms. The van der Waals surface area contributed by atoms with Gasteiger partial charge in [0.05, 0.1) is 12.2 Å². The summed E-state index contributed by atoms with van der Waals surface area (Å²) in [6, 6.07) is 5.05. The van der Waals surface area contributed by atoms with E-state index in [1.807, 2.05) is 18.6 Å². The van der Waals surface area contributed by atoms with E-state index in [4.69, 9.17) is 15.1 Å². The molecule has 7 nitrogen and oxygen atoms in total. The van der Waals surface area contributed by atoms with E-state index in [0.717, 1.165) is 91.1 Å². The maximum absolute atomic E-state index is 4.94. The van der Waals surface area contributed by atoms with Crippen molar-refractivity contribution in [1.29, 1.82) is 0 Å². The van der Waals surface area contributed by atoms with Crippen LogP contribution in [0.4, 0.5) is 5.82 Å². The van der Waals surface area contributed by atoms with E-state index in [0.29, 0.717) is 6.04 Å². The molecule has 2 fully saturated rings. The number of pyridine rings is 2. The Morgan fingerprint density at radius 3 is 2.44 bits per heavy atom. The van der Waals surface area contributed by atoms with Gasteiger partial charge in [-0.05, 0) is 62.8 Å². The molecule has 4 aromatic heterocycles. The number of fused-ring (bicyclic) bond motifs is 1. The van der Waals surface area contributed by atoms with Crippen LogP contribution in [0, 0.1) is 0 Å². The molecule has 6 rings (SSSR count). The number of aromatic amines is 1. The highest BCUT2D eigenvalue weighted by Gasteiger charge is 2.21. The summed E-state index contributed by atoms with van der Waals surface area (Å²) < 4.78 is 2.18. The van der Waals surface area contributed by atoms with Gasteiger partial charge in [-0.2, -0.15) is 5.10 Å². The number of nitrogens with one attached hydrogen (secondary N) is 1. The first-order valence-electron chi connectivity index (χ1n) is 13.7. The predicted molar refractivity (Wildman–Crippen MR) is 146 cm³/mol. The number of rotatable bonds is 6.